The maximum absolute atomic E-state index is 12.6. The van der Waals surface area contributed by atoms with Crippen LogP contribution in [0.5, 0.6) is 0 Å². The summed E-state index contributed by atoms with van der Waals surface area (Å²) in [5.74, 6) is 0.00854. The van der Waals surface area contributed by atoms with Gasteiger partial charge in [0, 0.05) is 12.0 Å². The van der Waals surface area contributed by atoms with Crippen molar-refractivity contribution in [1.29, 1.82) is 0 Å². The molecule has 0 saturated heterocycles. The number of ether oxygens (including phenoxy) is 1. The van der Waals surface area contributed by atoms with Gasteiger partial charge in [-0.2, -0.15) is 0 Å². The monoisotopic (exact) mass is 765 g/mol. The zero-order chi connectivity index (χ0) is 41.6. The van der Waals surface area contributed by atoms with E-state index in [1.807, 2.05) is 42.5 Å². The number of allylic oxidation sites excluding steroid dienone is 19. The average Bonchev–Trinajstić information content (AvgIpc) is 3.09. The van der Waals surface area contributed by atoms with Crippen molar-refractivity contribution >= 4 is 5.97 Å². The van der Waals surface area contributed by atoms with Gasteiger partial charge in [0.2, 0.25) is 0 Å². The van der Waals surface area contributed by atoms with Gasteiger partial charge in [-0.1, -0.05) is 198 Å². The molecule has 2 N–H and O–H groups in total. The third-order valence-corrected chi connectivity index (χ3v) is 10.8. The zero-order valence-corrected chi connectivity index (χ0v) is 36.7. The Kier molecular flexibility index (Phi) is 22.1. The number of esters is 1. The highest BCUT2D eigenvalue weighted by atomic mass is 16.5. The van der Waals surface area contributed by atoms with Crippen LogP contribution in [0.15, 0.2) is 142 Å². The van der Waals surface area contributed by atoms with Crippen molar-refractivity contribution in [3.63, 3.8) is 0 Å². The molecule has 0 saturated carbocycles. The number of hydrogen-bond donors (Lipinski definition) is 2. The highest BCUT2D eigenvalue weighted by molar-refractivity contribution is 5.82. The van der Waals surface area contributed by atoms with E-state index in [-0.39, 0.29) is 35.6 Å². The lowest BCUT2D eigenvalue weighted by atomic mass is 9.67. The molecule has 0 unspecified atom stereocenters. The van der Waals surface area contributed by atoms with Crippen molar-refractivity contribution in [2.24, 2.45) is 16.7 Å². The van der Waals surface area contributed by atoms with E-state index in [9.17, 15) is 15.0 Å². The number of carbonyl (C=O) groups is 1. The summed E-state index contributed by atoms with van der Waals surface area (Å²) in [6.45, 7) is 21.7. The fourth-order valence-corrected chi connectivity index (χ4v) is 7.79. The van der Waals surface area contributed by atoms with E-state index in [2.05, 4.69) is 124 Å². The first-order valence-electron chi connectivity index (χ1n) is 21.2. The smallest absolute Gasteiger partial charge is 0.330 e. The topological polar surface area (TPSA) is 66.8 Å². The second-order valence-corrected chi connectivity index (χ2v) is 17.5. The molecule has 0 aromatic rings. The number of carbonyl (C=O) groups excluding carboxylic acids is 1. The molecule has 0 heterocycles. The van der Waals surface area contributed by atoms with E-state index >= 15 is 0 Å². The molecule has 4 heteroatoms. The average molecular weight is 765 g/mol. The van der Waals surface area contributed by atoms with Gasteiger partial charge in [0.1, 0.15) is 6.61 Å². The summed E-state index contributed by atoms with van der Waals surface area (Å²) in [6.07, 6.45) is 46.0. The Morgan fingerprint density at radius 3 is 1.98 bits per heavy atom. The molecule has 308 valence electrons. The Balaban J connectivity index is 2.03. The van der Waals surface area contributed by atoms with Gasteiger partial charge in [0.25, 0.3) is 0 Å². The van der Waals surface area contributed by atoms with Crippen LogP contribution in [0.25, 0.3) is 0 Å². The predicted molar refractivity (Wildman–Crippen MR) is 241 cm³/mol. The first-order valence-corrected chi connectivity index (χ1v) is 21.2. The third kappa shape index (κ3) is 19.4. The van der Waals surface area contributed by atoms with E-state index in [1.54, 1.807) is 6.08 Å². The van der Waals surface area contributed by atoms with Gasteiger partial charge in [0.15, 0.2) is 0 Å². The normalized spacial score (nSPS) is 22.9. The molecule has 2 aliphatic carbocycles. The summed E-state index contributed by atoms with van der Waals surface area (Å²) in [6, 6.07) is 0. The lowest BCUT2D eigenvalue weighted by Crippen LogP contribution is -2.32. The molecule has 3 atom stereocenters. The molecular formula is C52H76O4. The Labute approximate surface area is 342 Å². The van der Waals surface area contributed by atoms with Crippen LogP contribution in [-0.2, 0) is 9.53 Å². The molecule has 0 spiro atoms. The summed E-state index contributed by atoms with van der Waals surface area (Å²) in [4.78, 5) is 12.6. The van der Waals surface area contributed by atoms with Crippen LogP contribution in [0.2, 0.25) is 0 Å². The van der Waals surface area contributed by atoms with Crippen molar-refractivity contribution in [2.45, 2.75) is 152 Å². The summed E-state index contributed by atoms with van der Waals surface area (Å²) in [5.41, 5.74) is 7.90. The lowest BCUT2D eigenvalue weighted by Gasteiger charge is -2.38. The van der Waals surface area contributed by atoms with Gasteiger partial charge in [-0.05, 0) is 88.7 Å². The fraction of sp³-hybridized carbons (Fsp3) is 0.519. The lowest BCUT2D eigenvalue weighted by molar-refractivity contribution is -0.136. The van der Waals surface area contributed by atoms with Crippen molar-refractivity contribution in [2.75, 3.05) is 6.61 Å². The third-order valence-electron chi connectivity index (χ3n) is 10.8. The molecule has 4 nitrogen and oxygen atoms in total. The minimum Gasteiger partial charge on any atom is -0.458 e. The number of unbranched alkanes of at least 4 members (excludes halogenated alkanes) is 7. The minimum absolute atomic E-state index is 0.0341. The zero-order valence-electron chi connectivity index (χ0n) is 36.7. The number of aliphatic hydroxyl groups excluding tert-OH is 2. The van der Waals surface area contributed by atoms with Crippen LogP contribution in [0.3, 0.4) is 0 Å². The number of aliphatic hydroxyl groups is 2. The van der Waals surface area contributed by atoms with Crippen molar-refractivity contribution in [3.8, 4) is 0 Å². The van der Waals surface area contributed by atoms with Gasteiger partial charge in [-0.25, -0.2) is 4.79 Å². The summed E-state index contributed by atoms with van der Waals surface area (Å²) in [7, 11) is 0. The van der Waals surface area contributed by atoms with Crippen LogP contribution >= 0.6 is 0 Å². The Hall–Kier alpha value is -3.73. The standard InChI is InChI=1S/C52H76O4/c1-11-12-13-14-15-16-17-18-19-30-50(55)56-39-45(32-34-49-44(6)36-47(54)38-52(49,9)10)29-23-28-41(3)25-21-20-24-40(2)26-22-27-42(4)31-33-48-43(5)35-46(53)37-51(48,7)8/h19-35,46-48,53-54H,11-18,36-39H2,1-10H3/b21-20+,26-22+,28-23+,30-19+,33-31+,34-32+,40-24+,41-25+,42-27+,45-29-/t46-,47+,48-/m1/s1. The van der Waals surface area contributed by atoms with Crippen molar-refractivity contribution < 1.29 is 19.7 Å². The molecule has 56 heavy (non-hydrogen) atoms. The van der Waals surface area contributed by atoms with Gasteiger partial charge < -0.3 is 14.9 Å². The molecule has 0 fully saturated rings. The highest BCUT2D eigenvalue weighted by Gasteiger charge is 2.34. The van der Waals surface area contributed by atoms with E-state index in [4.69, 9.17) is 4.74 Å². The molecule has 0 radical (unpaired) electrons. The molecule has 0 bridgehead atoms. The second kappa shape index (κ2) is 25.5. The van der Waals surface area contributed by atoms with Crippen LogP contribution < -0.4 is 0 Å². The van der Waals surface area contributed by atoms with Gasteiger partial charge in [-0.3, -0.25) is 0 Å². The summed E-state index contributed by atoms with van der Waals surface area (Å²) in [5, 5.41) is 20.5. The Morgan fingerprint density at radius 1 is 0.768 bits per heavy atom. The number of hydrogen-bond acceptors (Lipinski definition) is 4. The summed E-state index contributed by atoms with van der Waals surface area (Å²) < 4.78 is 5.67. The molecule has 0 aromatic carbocycles. The van der Waals surface area contributed by atoms with E-state index < -0.39 is 0 Å². The van der Waals surface area contributed by atoms with Crippen molar-refractivity contribution in [1.82, 2.24) is 0 Å². The first-order chi connectivity index (χ1) is 26.5. The Morgan fingerprint density at radius 2 is 1.36 bits per heavy atom. The summed E-state index contributed by atoms with van der Waals surface area (Å²) >= 11 is 0. The van der Waals surface area contributed by atoms with E-state index in [0.717, 1.165) is 42.4 Å². The molecule has 2 aliphatic rings. The van der Waals surface area contributed by atoms with E-state index in [0.29, 0.717) is 12.3 Å². The van der Waals surface area contributed by atoms with Gasteiger partial charge in [0.05, 0.1) is 12.2 Å². The molecule has 0 aliphatic heterocycles. The maximum atomic E-state index is 12.6. The van der Waals surface area contributed by atoms with Crippen LogP contribution in [0, 0.1) is 16.7 Å². The molecule has 2 rings (SSSR count). The molecule has 0 aromatic heterocycles. The van der Waals surface area contributed by atoms with Gasteiger partial charge in [-0.15, -0.1) is 0 Å². The van der Waals surface area contributed by atoms with Crippen LogP contribution in [0.4, 0.5) is 0 Å². The number of rotatable bonds is 21. The largest absolute Gasteiger partial charge is 0.458 e. The second-order valence-electron chi connectivity index (χ2n) is 17.5. The molecular weight excluding hydrogens is 689 g/mol. The van der Waals surface area contributed by atoms with Crippen LogP contribution in [0.1, 0.15) is 140 Å². The predicted octanol–water partition coefficient (Wildman–Crippen LogP) is 13.6. The Bertz CT molecular complexity index is 1620. The first kappa shape index (κ1) is 48.4. The fourth-order valence-electron chi connectivity index (χ4n) is 7.79. The van der Waals surface area contributed by atoms with Gasteiger partial charge >= 0.3 is 5.97 Å². The van der Waals surface area contributed by atoms with E-state index in [1.165, 1.54) is 60.8 Å². The quantitative estimate of drug-likeness (QED) is 0.0402. The SMILES string of the molecule is CCCCCCCCC/C=C/C(=O)OCC(=C\C=C\C(C)=C\C=C\C=C(C)\C=C\C=C(C)\C=C\[C@@H]1C(C)=C[C@@H](O)CC1(C)C)/C=C/C1=C(C)C[C@H](O)CC1(C)C. The molecule has 0 amide bonds. The maximum Gasteiger partial charge on any atom is 0.330 e. The van der Waals surface area contributed by atoms with Crippen LogP contribution in [-0.4, -0.2) is 35.0 Å². The highest BCUT2D eigenvalue weighted by Crippen LogP contribution is 2.42. The van der Waals surface area contributed by atoms with Crippen molar-refractivity contribution in [3.05, 3.63) is 142 Å². The minimum atomic E-state index is -0.349.